The summed E-state index contributed by atoms with van der Waals surface area (Å²) in [4.78, 5) is 9.59. The lowest BCUT2D eigenvalue weighted by Crippen LogP contribution is -1.83. The van der Waals surface area contributed by atoms with Gasteiger partial charge in [-0.1, -0.05) is 12.1 Å². The van der Waals surface area contributed by atoms with E-state index >= 15 is 0 Å². The van der Waals surface area contributed by atoms with Gasteiger partial charge in [0.2, 0.25) is 5.75 Å². The van der Waals surface area contributed by atoms with Gasteiger partial charge < -0.3 is 9.52 Å². The molecule has 1 aromatic heterocycles. The highest BCUT2D eigenvalue weighted by atomic mass is 16.7. The lowest BCUT2D eigenvalue weighted by molar-refractivity contribution is -0.402. The Bertz CT molecular complexity index is 474. The van der Waals surface area contributed by atoms with E-state index in [9.17, 15) is 15.2 Å². The molecule has 0 fully saturated rings. The molecular weight excluding hydrogens is 174 g/mol. The van der Waals surface area contributed by atoms with Gasteiger partial charge in [-0.15, -0.1) is 0 Å². The van der Waals surface area contributed by atoms with E-state index in [0.29, 0.717) is 11.0 Å². The molecular formula is C8H5NO4. The highest BCUT2D eigenvalue weighted by molar-refractivity contribution is 5.87. The van der Waals surface area contributed by atoms with Gasteiger partial charge in [0.05, 0.1) is 5.39 Å². The minimum absolute atomic E-state index is 0.312. The van der Waals surface area contributed by atoms with Gasteiger partial charge in [0.1, 0.15) is 10.5 Å². The molecule has 0 unspecified atom stereocenters. The molecule has 0 aliphatic heterocycles. The van der Waals surface area contributed by atoms with Crippen LogP contribution in [0.1, 0.15) is 0 Å². The van der Waals surface area contributed by atoms with Crippen molar-refractivity contribution in [2.45, 2.75) is 0 Å². The third-order valence-electron chi connectivity index (χ3n) is 1.72. The highest BCUT2D eigenvalue weighted by Crippen LogP contribution is 2.36. The number of rotatable bonds is 1. The van der Waals surface area contributed by atoms with Gasteiger partial charge in [-0.05, 0) is 12.1 Å². The molecule has 13 heavy (non-hydrogen) atoms. The van der Waals surface area contributed by atoms with Gasteiger partial charge in [-0.25, -0.2) is 0 Å². The second-order valence-corrected chi connectivity index (χ2v) is 2.51. The van der Waals surface area contributed by atoms with Crippen LogP contribution in [0.15, 0.2) is 28.7 Å². The molecule has 0 amide bonds. The number of furan rings is 1. The number of hydrogen-bond acceptors (Lipinski definition) is 4. The molecule has 0 aliphatic rings. The van der Waals surface area contributed by atoms with Crippen molar-refractivity contribution in [3.63, 3.8) is 0 Å². The smallest absolute Gasteiger partial charge is 0.476 e. The molecule has 1 aromatic carbocycles. The van der Waals surface area contributed by atoms with Crippen molar-refractivity contribution in [2.75, 3.05) is 0 Å². The van der Waals surface area contributed by atoms with E-state index in [1.54, 1.807) is 24.3 Å². The summed E-state index contributed by atoms with van der Waals surface area (Å²) in [6.45, 7) is 0. The number of benzene rings is 1. The van der Waals surface area contributed by atoms with E-state index < -0.39 is 16.6 Å². The molecule has 0 saturated heterocycles. The largest absolute Gasteiger partial charge is 0.499 e. The van der Waals surface area contributed by atoms with Crippen molar-refractivity contribution < 1.29 is 14.4 Å². The van der Waals surface area contributed by atoms with Crippen molar-refractivity contribution in [3.05, 3.63) is 34.4 Å². The maximum absolute atomic E-state index is 10.3. The van der Waals surface area contributed by atoms with Gasteiger partial charge in [-0.2, -0.15) is 0 Å². The third-order valence-corrected chi connectivity index (χ3v) is 1.72. The van der Waals surface area contributed by atoms with Crippen LogP contribution in [0.5, 0.6) is 5.75 Å². The quantitative estimate of drug-likeness (QED) is 0.536. The Morgan fingerprint density at radius 2 is 2.08 bits per heavy atom. The first kappa shape index (κ1) is 7.60. The van der Waals surface area contributed by atoms with Gasteiger partial charge in [0, 0.05) is 0 Å². The summed E-state index contributed by atoms with van der Waals surface area (Å²) in [5, 5.41) is 20.0. The molecule has 5 nitrogen and oxygen atoms in total. The predicted molar refractivity (Wildman–Crippen MR) is 44.5 cm³/mol. The van der Waals surface area contributed by atoms with E-state index in [2.05, 4.69) is 0 Å². The SMILES string of the molecule is O=[N+]([O-])c1oc2ccccc2c1O. The number of nitrogens with zero attached hydrogens (tertiary/aromatic N) is 1. The fraction of sp³-hybridized carbons (Fsp3) is 0. The average Bonchev–Trinajstić information content (AvgIpc) is 2.45. The Morgan fingerprint density at radius 1 is 1.38 bits per heavy atom. The van der Waals surface area contributed by atoms with Crippen LogP contribution in [0, 0.1) is 10.1 Å². The number of nitro groups is 1. The van der Waals surface area contributed by atoms with Crippen LogP contribution in [-0.4, -0.2) is 10.0 Å². The van der Waals surface area contributed by atoms with Gasteiger partial charge >= 0.3 is 5.88 Å². The van der Waals surface area contributed by atoms with Crippen LogP contribution < -0.4 is 0 Å². The molecule has 5 heteroatoms. The molecule has 0 spiro atoms. The van der Waals surface area contributed by atoms with E-state index in [1.807, 2.05) is 0 Å². The summed E-state index contributed by atoms with van der Waals surface area (Å²) >= 11 is 0. The molecule has 1 heterocycles. The predicted octanol–water partition coefficient (Wildman–Crippen LogP) is 2.05. The Morgan fingerprint density at radius 3 is 2.69 bits per heavy atom. The average molecular weight is 179 g/mol. The number of aromatic hydroxyl groups is 1. The molecule has 1 N–H and O–H groups in total. The van der Waals surface area contributed by atoms with Crippen LogP contribution >= 0.6 is 0 Å². The van der Waals surface area contributed by atoms with Crippen molar-refractivity contribution in [1.29, 1.82) is 0 Å². The molecule has 0 atom stereocenters. The van der Waals surface area contributed by atoms with E-state index in [0.717, 1.165) is 0 Å². The van der Waals surface area contributed by atoms with E-state index in [4.69, 9.17) is 4.42 Å². The van der Waals surface area contributed by atoms with Crippen LogP contribution in [-0.2, 0) is 0 Å². The number of para-hydroxylation sites is 1. The standard InChI is InChI=1S/C8H5NO4/c10-7-5-3-1-2-4-6(5)13-8(7)9(11)12/h1-4,10H. The summed E-state index contributed by atoms with van der Waals surface area (Å²) in [5.74, 6) is -1.03. The minimum Gasteiger partial charge on any atom is -0.499 e. The minimum atomic E-state index is -0.755. The summed E-state index contributed by atoms with van der Waals surface area (Å²) < 4.78 is 4.81. The second kappa shape index (κ2) is 2.48. The summed E-state index contributed by atoms with van der Waals surface area (Å²) in [7, 11) is 0. The molecule has 0 aliphatic carbocycles. The molecule has 2 rings (SSSR count). The summed E-state index contributed by atoms with van der Waals surface area (Å²) in [6, 6.07) is 6.46. The molecule has 0 bridgehead atoms. The van der Waals surface area contributed by atoms with E-state index in [1.165, 1.54) is 0 Å². The van der Waals surface area contributed by atoms with Crippen molar-refractivity contribution in [2.24, 2.45) is 0 Å². The second-order valence-electron chi connectivity index (χ2n) is 2.51. The van der Waals surface area contributed by atoms with Crippen molar-refractivity contribution in [3.8, 4) is 5.75 Å². The highest BCUT2D eigenvalue weighted by Gasteiger charge is 2.22. The Labute approximate surface area is 72.4 Å². The van der Waals surface area contributed by atoms with Crippen molar-refractivity contribution in [1.82, 2.24) is 0 Å². The van der Waals surface area contributed by atoms with Gasteiger partial charge in [-0.3, -0.25) is 10.1 Å². The molecule has 2 aromatic rings. The zero-order valence-corrected chi connectivity index (χ0v) is 6.43. The van der Waals surface area contributed by atoms with Crippen LogP contribution in [0.3, 0.4) is 0 Å². The van der Waals surface area contributed by atoms with Gasteiger partial charge in [0.25, 0.3) is 0 Å². The van der Waals surface area contributed by atoms with E-state index in [-0.39, 0.29) is 0 Å². The lowest BCUT2D eigenvalue weighted by atomic mass is 10.2. The zero-order chi connectivity index (χ0) is 9.42. The summed E-state index contributed by atoms with van der Waals surface area (Å²) in [6.07, 6.45) is 0. The first-order valence-corrected chi connectivity index (χ1v) is 3.55. The molecule has 66 valence electrons. The normalized spacial score (nSPS) is 10.5. The number of hydrogen-bond donors (Lipinski definition) is 1. The number of fused-ring (bicyclic) bond motifs is 1. The Kier molecular flexibility index (Phi) is 1.45. The van der Waals surface area contributed by atoms with Gasteiger partial charge in [0.15, 0.2) is 0 Å². The first-order chi connectivity index (χ1) is 6.20. The fourth-order valence-electron chi connectivity index (χ4n) is 1.14. The third kappa shape index (κ3) is 1.01. The molecule has 0 saturated carbocycles. The van der Waals surface area contributed by atoms with Crippen molar-refractivity contribution >= 4 is 16.9 Å². The maximum Gasteiger partial charge on any atom is 0.476 e. The molecule has 0 radical (unpaired) electrons. The first-order valence-electron chi connectivity index (χ1n) is 3.55. The zero-order valence-electron chi connectivity index (χ0n) is 6.43. The topological polar surface area (TPSA) is 76.5 Å². The Hall–Kier alpha value is -2.04. The monoisotopic (exact) mass is 179 g/mol. The van der Waals surface area contributed by atoms with Crippen LogP contribution in [0.2, 0.25) is 0 Å². The van der Waals surface area contributed by atoms with Crippen LogP contribution in [0.4, 0.5) is 5.88 Å². The Balaban J connectivity index is 2.81. The lowest BCUT2D eigenvalue weighted by Gasteiger charge is -1.83. The maximum atomic E-state index is 10.3. The van der Waals surface area contributed by atoms with Crippen LogP contribution in [0.25, 0.3) is 11.0 Å². The fourth-order valence-corrected chi connectivity index (χ4v) is 1.14. The summed E-state index contributed by atoms with van der Waals surface area (Å²) in [5.41, 5.74) is 0.312.